The molecule has 0 N–H and O–H groups in total. The number of hydrogen-bond acceptors (Lipinski definition) is 5. The second kappa shape index (κ2) is 5.60. The molecule has 0 aliphatic carbocycles. The van der Waals surface area contributed by atoms with Crippen LogP contribution in [0.25, 0.3) is 0 Å². The van der Waals surface area contributed by atoms with Crippen LogP contribution in [0.1, 0.15) is 19.3 Å². The van der Waals surface area contributed by atoms with Crippen molar-refractivity contribution in [1.29, 1.82) is 5.26 Å². The van der Waals surface area contributed by atoms with Gasteiger partial charge in [-0.15, -0.1) is 11.8 Å². The van der Waals surface area contributed by atoms with E-state index in [1.54, 1.807) is 0 Å². The Bertz CT molecular complexity index is 285. The van der Waals surface area contributed by atoms with Crippen molar-refractivity contribution in [2.45, 2.75) is 25.3 Å². The van der Waals surface area contributed by atoms with Gasteiger partial charge in [0.05, 0.1) is 6.07 Å². The Balaban J connectivity index is 2.62. The maximum Gasteiger partial charge on any atom is 0.261 e. The summed E-state index contributed by atoms with van der Waals surface area (Å²) in [7, 11) is 0. The fraction of sp³-hybridized carbons (Fsp3) is 0.750. The topological polar surface area (TPSA) is 79.3 Å². The maximum atomic E-state index is 10.7. The van der Waals surface area contributed by atoms with Gasteiger partial charge in [-0.2, -0.15) is 5.26 Å². The van der Waals surface area contributed by atoms with Crippen molar-refractivity contribution < 1.29 is 4.92 Å². The molecule has 0 spiro atoms. The van der Waals surface area contributed by atoms with Gasteiger partial charge in [-0.25, -0.2) is 0 Å². The van der Waals surface area contributed by atoms with Crippen molar-refractivity contribution in [3.8, 4) is 6.07 Å². The zero-order valence-electron chi connectivity index (χ0n) is 7.68. The Morgan fingerprint density at radius 3 is 3.07 bits per heavy atom. The van der Waals surface area contributed by atoms with E-state index in [0.717, 1.165) is 12.2 Å². The number of nitro groups is 1. The standard InChI is InChI=1S/C8H11N3O2S/c9-4-1-3-7(11(12)13)8-10-5-2-6-14-8/h7H,1-3,5-6H2. The van der Waals surface area contributed by atoms with Gasteiger partial charge < -0.3 is 0 Å². The normalized spacial score (nSPS) is 18.1. The van der Waals surface area contributed by atoms with Gasteiger partial charge in [-0.05, 0) is 6.42 Å². The van der Waals surface area contributed by atoms with Crippen LogP contribution in [0.2, 0.25) is 0 Å². The van der Waals surface area contributed by atoms with Crippen molar-refractivity contribution in [3.05, 3.63) is 10.1 Å². The van der Waals surface area contributed by atoms with Gasteiger partial charge in [-0.3, -0.25) is 15.1 Å². The fourth-order valence-corrected chi connectivity index (χ4v) is 2.26. The molecular weight excluding hydrogens is 202 g/mol. The molecule has 1 heterocycles. The zero-order valence-corrected chi connectivity index (χ0v) is 8.50. The third-order valence-corrected chi connectivity index (χ3v) is 3.08. The quantitative estimate of drug-likeness (QED) is 0.523. The van der Waals surface area contributed by atoms with E-state index in [-0.39, 0.29) is 17.8 Å². The lowest BCUT2D eigenvalue weighted by Gasteiger charge is -2.14. The maximum absolute atomic E-state index is 10.7. The van der Waals surface area contributed by atoms with Gasteiger partial charge in [0.1, 0.15) is 5.04 Å². The van der Waals surface area contributed by atoms with Crippen LogP contribution in [0.5, 0.6) is 0 Å². The first-order valence-corrected chi connectivity index (χ1v) is 5.42. The van der Waals surface area contributed by atoms with Gasteiger partial charge in [0.2, 0.25) is 0 Å². The van der Waals surface area contributed by atoms with E-state index < -0.39 is 6.04 Å². The Labute approximate surface area is 86.4 Å². The number of rotatable bonds is 4. The highest BCUT2D eigenvalue weighted by Gasteiger charge is 2.28. The molecule has 6 heteroatoms. The molecule has 0 fully saturated rings. The lowest BCUT2D eigenvalue weighted by molar-refractivity contribution is -0.502. The average Bonchev–Trinajstić information content (AvgIpc) is 2.19. The van der Waals surface area contributed by atoms with Crippen molar-refractivity contribution in [2.24, 2.45) is 4.99 Å². The number of hydrogen-bond donors (Lipinski definition) is 0. The van der Waals surface area contributed by atoms with E-state index in [4.69, 9.17) is 5.26 Å². The van der Waals surface area contributed by atoms with Gasteiger partial charge in [0.15, 0.2) is 0 Å². The van der Waals surface area contributed by atoms with E-state index in [1.807, 2.05) is 6.07 Å². The average molecular weight is 213 g/mol. The molecule has 1 unspecified atom stereocenters. The lowest BCUT2D eigenvalue weighted by atomic mass is 10.2. The van der Waals surface area contributed by atoms with Crippen LogP contribution in [0.15, 0.2) is 4.99 Å². The second-order valence-electron chi connectivity index (χ2n) is 2.92. The highest BCUT2D eigenvalue weighted by Crippen LogP contribution is 2.19. The summed E-state index contributed by atoms with van der Waals surface area (Å²) in [6, 6.07) is 1.16. The summed E-state index contributed by atoms with van der Waals surface area (Å²) in [5.74, 6) is 0.899. The molecule has 0 radical (unpaired) electrons. The molecule has 0 aromatic heterocycles. The smallest absolute Gasteiger partial charge is 0.261 e. The summed E-state index contributed by atoms with van der Waals surface area (Å²) in [4.78, 5) is 14.5. The van der Waals surface area contributed by atoms with E-state index in [9.17, 15) is 10.1 Å². The molecule has 5 nitrogen and oxygen atoms in total. The lowest BCUT2D eigenvalue weighted by Crippen LogP contribution is -2.29. The molecule has 0 aromatic carbocycles. The van der Waals surface area contributed by atoms with Crippen LogP contribution < -0.4 is 0 Å². The summed E-state index contributed by atoms with van der Waals surface area (Å²) < 4.78 is 0. The van der Waals surface area contributed by atoms with Crippen LogP contribution in [0, 0.1) is 21.4 Å². The fourth-order valence-electron chi connectivity index (χ4n) is 1.20. The molecule has 76 valence electrons. The second-order valence-corrected chi connectivity index (χ2v) is 4.04. The molecular formula is C8H11N3O2S. The molecule has 0 bridgehead atoms. The molecule has 0 aromatic rings. The van der Waals surface area contributed by atoms with Crippen molar-refractivity contribution in [1.82, 2.24) is 0 Å². The van der Waals surface area contributed by atoms with Crippen LogP contribution in [0.4, 0.5) is 0 Å². The summed E-state index contributed by atoms with van der Waals surface area (Å²) in [6.07, 6.45) is 1.47. The monoisotopic (exact) mass is 213 g/mol. The minimum Gasteiger partial charge on any atom is -0.276 e. The first kappa shape index (κ1) is 11.0. The van der Waals surface area contributed by atoms with Crippen molar-refractivity contribution >= 4 is 16.8 Å². The predicted octanol–water partition coefficient (Wildman–Crippen LogP) is 1.47. The van der Waals surface area contributed by atoms with Crippen LogP contribution >= 0.6 is 11.8 Å². The zero-order chi connectivity index (χ0) is 10.4. The third kappa shape index (κ3) is 3.00. The number of nitriles is 1. The van der Waals surface area contributed by atoms with Gasteiger partial charge in [0, 0.05) is 30.1 Å². The van der Waals surface area contributed by atoms with Crippen LogP contribution in [-0.2, 0) is 0 Å². The molecule has 1 rings (SSSR count). The summed E-state index contributed by atoms with van der Waals surface area (Å²) >= 11 is 1.45. The van der Waals surface area contributed by atoms with Gasteiger partial charge in [-0.1, -0.05) is 0 Å². The van der Waals surface area contributed by atoms with E-state index in [1.165, 1.54) is 11.8 Å². The van der Waals surface area contributed by atoms with Crippen LogP contribution in [0.3, 0.4) is 0 Å². The van der Waals surface area contributed by atoms with E-state index in [0.29, 0.717) is 11.6 Å². The summed E-state index contributed by atoms with van der Waals surface area (Å²) in [5.41, 5.74) is 0. The van der Waals surface area contributed by atoms with Crippen molar-refractivity contribution in [3.63, 3.8) is 0 Å². The molecule has 1 atom stereocenters. The minimum atomic E-state index is -0.764. The Morgan fingerprint density at radius 2 is 2.57 bits per heavy atom. The molecule has 14 heavy (non-hydrogen) atoms. The largest absolute Gasteiger partial charge is 0.276 e. The first-order chi connectivity index (χ1) is 6.75. The third-order valence-electron chi connectivity index (χ3n) is 1.89. The minimum absolute atomic E-state index is 0.214. The van der Waals surface area contributed by atoms with Crippen molar-refractivity contribution in [2.75, 3.05) is 12.3 Å². The highest BCUT2D eigenvalue weighted by molar-refractivity contribution is 8.14. The molecule has 0 saturated heterocycles. The number of thioether (sulfide) groups is 1. The molecule has 0 amide bonds. The molecule has 1 aliphatic heterocycles. The molecule has 0 saturated carbocycles. The Kier molecular flexibility index (Phi) is 4.40. The van der Waals surface area contributed by atoms with Gasteiger partial charge >= 0.3 is 0 Å². The predicted molar refractivity (Wildman–Crippen MR) is 55.0 cm³/mol. The molecule has 1 aliphatic rings. The SMILES string of the molecule is N#CCCC(C1=NCCCS1)[N+](=O)[O-]. The summed E-state index contributed by atoms with van der Waals surface area (Å²) in [6.45, 7) is 0.680. The Morgan fingerprint density at radius 1 is 1.79 bits per heavy atom. The van der Waals surface area contributed by atoms with Gasteiger partial charge in [0.25, 0.3) is 6.04 Å². The summed E-state index contributed by atoms with van der Waals surface area (Å²) in [5, 5.41) is 19.7. The van der Waals surface area contributed by atoms with Crippen LogP contribution in [-0.4, -0.2) is 28.3 Å². The first-order valence-electron chi connectivity index (χ1n) is 4.43. The van der Waals surface area contributed by atoms with E-state index in [2.05, 4.69) is 4.99 Å². The Hall–Kier alpha value is -1.09. The number of aliphatic imine (C=N–C) groups is 1. The number of nitrogens with zero attached hydrogens (tertiary/aromatic N) is 3. The van der Waals surface area contributed by atoms with E-state index >= 15 is 0 Å². The highest BCUT2D eigenvalue weighted by atomic mass is 32.2.